The van der Waals surface area contributed by atoms with Crippen LogP contribution in [0.3, 0.4) is 0 Å². The third-order valence-electron chi connectivity index (χ3n) is 3.77. The van der Waals surface area contributed by atoms with Crippen LogP contribution in [-0.2, 0) is 0 Å². The van der Waals surface area contributed by atoms with Gasteiger partial charge in [0.2, 0.25) is 0 Å². The number of rotatable bonds is 4. The fraction of sp³-hybridized carbons (Fsp3) is 0.471. The van der Waals surface area contributed by atoms with Gasteiger partial charge in [0.15, 0.2) is 0 Å². The summed E-state index contributed by atoms with van der Waals surface area (Å²) in [5.41, 5.74) is 2.12. The molecule has 1 aromatic rings. The normalized spacial score (nSPS) is 10.7. The van der Waals surface area contributed by atoms with Crippen LogP contribution in [-0.4, -0.2) is 23.2 Å². The van der Waals surface area contributed by atoms with E-state index in [2.05, 4.69) is 37.9 Å². The molecule has 1 rings (SSSR count). The fourth-order valence-electron chi connectivity index (χ4n) is 1.85. The van der Waals surface area contributed by atoms with Gasteiger partial charge in [-0.05, 0) is 44.4 Å². The van der Waals surface area contributed by atoms with Gasteiger partial charge in [-0.25, -0.2) is 0 Å². The van der Waals surface area contributed by atoms with Crippen molar-refractivity contribution in [2.45, 2.75) is 46.1 Å². The molecule has 0 aromatic heterocycles. The van der Waals surface area contributed by atoms with Crippen molar-refractivity contribution in [2.75, 3.05) is 6.61 Å². The summed E-state index contributed by atoms with van der Waals surface area (Å²) in [6.45, 7) is 7.92. The fourth-order valence-corrected chi connectivity index (χ4v) is 1.85. The standard InChI is InChI=1S/C17H23NO2/c1-5-17(4,6-2)18-16(20)15-12-14(8-7-11-19)10-9-13(15)3/h9-10,12,19H,5-6,11H2,1-4H3,(H,18,20). The second-order valence-corrected chi connectivity index (χ2v) is 5.21. The van der Waals surface area contributed by atoms with Gasteiger partial charge in [0.25, 0.3) is 5.91 Å². The number of carbonyl (C=O) groups excluding carboxylic acids is 1. The van der Waals surface area contributed by atoms with E-state index in [0.717, 1.165) is 24.0 Å². The first-order chi connectivity index (χ1) is 9.45. The summed E-state index contributed by atoms with van der Waals surface area (Å²) < 4.78 is 0. The Kier molecular flexibility index (Phi) is 5.79. The number of aliphatic hydroxyl groups is 1. The van der Waals surface area contributed by atoms with Crippen LogP contribution in [0.2, 0.25) is 0 Å². The molecule has 108 valence electrons. The number of amides is 1. The minimum Gasteiger partial charge on any atom is -0.384 e. The molecular formula is C17H23NO2. The number of carbonyl (C=O) groups is 1. The highest BCUT2D eigenvalue weighted by Gasteiger charge is 2.23. The lowest BCUT2D eigenvalue weighted by Crippen LogP contribution is -2.45. The summed E-state index contributed by atoms with van der Waals surface area (Å²) >= 11 is 0. The molecular weight excluding hydrogens is 250 g/mol. The molecule has 0 saturated heterocycles. The van der Waals surface area contributed by atoms with Gasteiger partial charge in [0, 0.05) is 16.7 Å². The summed E-state index contributed by atoms with van der Waals surface area (Å²) in [5.74, 6) is 5.35. The predicted molar refractivity (Wildman–Crippen MR) is 81.6 cm³/mol. The maximum absolute atomic E-state index is 12.4. The average Bonchev–Trinajstić information content (AvgIpc) is 2.46. The maximum Gasteiger partial charge on any atom is 0.252 e. The minimum atomic E-state index is -0.184. The number of aliphatic hydroxyl groups excluding tert-OH is 1. The van der Waals surface area contributed by atoms with E-state index in [-0.39, 0.29) is 18.1 Å². The van der Waals surface area contributed by atoms with Crippen LogP contribution in [0.15, 0.2) is 18.2 Å². The molecule has 0 atom stereocenters. The first-order valence-electron chi connectivity index (χ1n) is 6.98. The Morgan fingerprint density at radius 1 is 1.35 bits per heavy atom. The number of hydrogen-bond donors (Lipinski definition) is 2. The lowest BCUT2D eigenvalue weighted by Gasteiger charge is -2.28. The summed E-state index contributed by atoms with van der Waals surface area (Å²) in [4.78, 5) is 12.4. The lowest BCUT2D eigenvalue weighted by molar-refractivity contribution is 0.0900. The van der Waals surface area contributed by atoms with Crippen LogP contribution in [0.25, 0.3) is 0 Å². The van der Waals surface area contributed by atoms with Gasteiger partial charge < -0.3 is 10.4 Å². The molecule has 0 aliphatic heterocycles. The molecule has 3 heteroatoms. The van der Waals surface area contributed by atoms with E-state index in [9.17, 15) is 4.79 Å². The average molecular weight is 273 g/mol. The van der Waals surface area contributed by atoms with Crippen LogP contribution in [0.4, 0.5) is 0 Å². The van der Waals surface area contributed by atoms with Gasteiger partial charge >= 0.3 is 0 Å². The monoisotopic (exact) mass is 273 g/mol. The molecule has 0 heterocycles. The quantitative estimate of drug-likeness (QED) is 0.829. The van der Waals surface area contributed by atoms with E-state index in [1.165, 1.54) is 0 Å². The lowest BCUT2D eigenvalue weighted by atomic mass is 9.94. The van der Waals surface area contributed by atoms with Gasteiger partial charge in [-0.2, -0.15) is 0 Å². The van der Waals surface area contributed by atoms with E-state index in [1.807, 2.05) is 19.1 Å². The third kappa shape index (κ3) is 4.11. The van der Waals surface area contributed by atoms with Crippen molar-refractivity contribution in [3.63, 3.8) is 0 Å². The molecule has 2 N–H and O–H groups in total. The zero-order valence-corrected chi connectivity index (χ0v) is 12.7. The summed E-state index contributed by atoms with van der Waals surface area (Å²) in [5, 5.41) is 11.8. The van der Waals surface area contributed by atoms with Crippen molar-refractivity contribution in [3.8, 4) is 11.8 Å². The van der Waals surface area contributed by atoms with E-state index in [4.69, 9.17) is 5.11 Å². The molecule has 0 radical (unpaired) electrons. The molecule has 1 aromatic carbocycles. The van der Waals surface area contributed by atoms with Crippen LogP contribution in [0, 0.1) is 18.8 Å². The zero-order valence-electron chi connectivity index (χ0n) is 12.7. The molecule has 0 aliphatic rings. The van der Waals surface area contributed by atoms with Gasteiger partial charge in [-0.1, -0.05) is 31.8 Å². The predicted octanol–water partition coefficient (Wildman–Crippen LogP) is 2.65. The van der Waals surface area contributed by atoms with Crippen molar-refractivity contribution >= 4 is 5.91 Å². The molecule has 0 saturated carbocycles. The molecule has 0 fully saturated rings. The van der Waals surface area contributed by atoms with Crippen molar-refractivity contribution in [1.29, 1.82) is 0 Å². The van der Waals surface area contributed by atoms with Gasteiger partial charge in [0.05, 0.1) is 0 Å². The van der Waals surface area contributed by atoms with Crippen LogP contribution in [0.5, 0.6) is 0 Å². The molecule has 20 heavy (non-hydrogen) atoms. The second kappa shape index (κ2) is 7.12. The topological polar surface area (TPSA) is 49.3 Å². The Labute approximate surface area is 121 Å². The van der Waals surface area contributed by atoms with Crippen LogP contribution < -0.4 is 5.32 Å². The highest BCUT2D eigenvalue weighted by Crippen LogP contribution is 2.17. The molecule has 0 unspecified atom stereocenters. The van der Waals surface area contributed by atoms with E-state index >= 15 is 0 Å². The molecule has 3 nitrogen and oxygen atoms in total. The van der Waals surface area contributed by atoms with Crippen molar-refractivity contribution in [2.24, 2.45) is 0 Å². The van der Waals surface area contributed by atoms with Crippen LogP contribution in [0.1, 0.15) is 55.1 Å². The van der Waals surface area contributed by atoms with E-state index in [0.29, 0.717) is 5.56 Å². The van der Waals surface area contributed by atoms with Gasteiger partial charge in [-0.15, -0.1) is 0 Å². The summed E-state index contributed by atoms with van der Waals surface area (Å²) in [7, 11) is 0. The Bertz CT molecular complexity index is 534. The van der Waals surface area contributed by atoms with E-state index < -0.39 is 0 Å². The SMILES string of the molecule is CCC(C)(CC)NC(=O)c1cc(C#CCO)ccc1C. The second-order valence-electron chi connectivity index (χ2n) is 5.21. The minimum absolute atomic E-state index is 0.0682. The first-order valence-corrected chi connectivity index (χ1v) is 6.98. The largest absolute Gasteiger partial charge is 0.384 e. The summed E-state index contributed by atoms with van der Waals surface area (Å²) in [6, 6.07) is 5.51. The highest BCUT2D eigenvalue weighted by atomic mass is 16.2. The molecule has 0 spiro atoms. The molecule has 0 bridgehead atoms. The Hall–Kier alpha value is -1.79. The molecule has 0 aliphatic carbocycles. The Balaban J connectivity index is 3.03. The Morgan fingerprint density at radius 3 is 2.55 bits per heavy atom. The van der Waals surface area contributed by atoms with Crippen molar-refractivity contribution in [3.05, 3.63) is 34.9 Å². The smallest absolute Gasteiger partial charge is 0.252 e. The van der Waals surface area contributed by atoms with Crippen molar-refractivity contribution in [1.82, 2.24) is 5.32 Å². The number of benzene rings is 1. The van der Waals surface area contributed by atoms with Crippen LogP contribution >= 0.6 is 0 Å². The number of hydrogen-bond acceptors (Lipinski definition) is 2. The number of aryl methyl sites for hydroxylation is 1. The number of nitrogens with one attached hydrogen (secondary N) is 1. The Morgan fingerprint density at radius 2 is 2.00 bits per heavy atom. The highest BCUT2D eigenvalue weighted by molar-refractivity contribution is 5.96. The van der Waals surface area contributed by atoms with Gasteiger partial charge in [0.1, 0.15) is 6.61 Å². The maximum atomic E-state index is 12.4. The first kappa shape index (κ1) is 16.3. The van der Waals surface area contributed by atoms with Gasteiger partial charge in [-0.3, -0.25) is 4.79 Å². The van der Waals surface area contributed by atoms with Crippen molar-refractivity contribution < 1.29 is 9.90 Å². The zero-order chi connectivity index (χ0) is 15.2. The third-order valence-corrected chi connectivity index (χ3v) is 3.77. The molecule has 1 amide bonds. The van der Waals surface area contributed by atoms with E-state index in [1.54, 1.807) is 6.07 Å². The summed E-state index contributed by atoms with van der Waals surface area (Å²) in [6.07, 6.45) is 1.77.